The maximum atomic E-state index is 13.0. The monoisotopic (exact) mass is 353 g/mol. The van der Waals surface area contributed by atoms with Gasteiger partial charge < -0.3 is 5.32 Å². The molecule has 0 atom stereocenters. The summed E-state index contributed by atoms with van der Waals surface area (Å²) in [5.41, 5.74) is 2.17. The van der Waals surface area contributed by atoms with Gasteiger partial charge in [0.05, 0.1) is 0 Å². The van der Waals surface area contributed by atoms with Gasteiger partial charge in [-0.05, 0) is 64.5 Å². The SMILES string of the molecule is Fc1ccc(NC2CC(c3ccccc3Cl)C2)c(Br)c1. The largest absolute Gasteiger partial charge is 0.381 e. The Morgan fingerprint density at radius 1 is 1.15 bits per heavy atom. The summed E-state index contributed by atoms with van der Waals surface area (Å²) in [5.74, 6) is 0.283. The molecule has 0 aliphatic heterocycles. The normalized spacial score (nSPS) is 21.4. The second kappa shape index (κ2) is 5.74. The van der Waals surface area contributed by atoms with Crippen LogP contribution in [0.3, 0.4) is 0 Å². The summed E-state index contributed by atoms with van der Waals surface area (Å²) in [7, 11) is 0. The van der Waals surface area contributed by atoms with E-state index in [-0.39, 0.29) is 5.82 Å². The lowest BCUT2D eigenvalue weighted by Crippen LogP contribution is -2.34. The third kappa shape index (κ3) is 2.84. The van der Waals surface area contributed by atoms with E-state index in [4.69, 9.17) is 11.6 Å². The summed E-state index contributed by atoms with van der Waals surface area (Å²) in [4.78, 5) is 0. The molecule has 3 rings (SSSR count). The van der Waals surface area contributed by atoms with Crippen molar-refractivity contribution in [1.29, 1.82) is 0 Å². The third-order valence-corrected chi connectivity index (χ3v) is 4.77. The molecule has 1 saturated carbocycles. The van der Waals surface area contributed by atoms with Crippen molar-refractivity contribution in [3.05, 3.63) is 63.3 Å². The molecule has 1 aliphatic rings. The van der Waals surface area contributed by atoms with Crippen LogP contribution in [0.15, 0.2) is 46.9 Å². The number of nitrogens with one attached hydrogen (secondary N) is 1. The van der Waals surface area contributed by atoms with Gasteiger partial charge in [-0.2, -0.15) is 0 Å². The molecule has 2 aromatic rings. The fraction of sp³-hybridized carbons (Fsp3) is 0.250. The van der Waals surface area contributed by atoms with Crippen molar-refractivity contribution < 1.29 is 4.39 Å². The molecular weight excluding hydrogens is 341 g/mol. The third-order valence-electron chi connectivity index (χ3n) is 3.77. The van der Waals surface area contributed by atoms with Gasteiger partial charge in [0, 0.05) is 21.2 Å². The van der Waals surface area contributed by atoms with Crippen LogP contribution in [0.1, 0.15) is 24.3 Å². The van der Waals surface area contributed by atoms with E-state index in [1.807, 2.05) is 18.2 Å². The minimum absolute atomic E-state index is 0.232. The van der Waals surface area contributed by atoms with Crippen LogP contribution in [-0.4, -0.2) is 6.04 Å². The Bertz CT molecular complexity index is 626. The van der Waals surface area contributed by atoms with Gasteiger partial charge in [0.15, 0.2) is 0 Å². The van der Waals surface area contributed by atoms with Gasteiger partial charge >= 0.3 is 0 Å². The van der Waals surface area contributed by atoms with E-state index < -0.39 is 0 Å². The van der Waals surface area contributed by atoms with Gasteiger partial charge in [0.25, 0.3) is 0 Å². The molecule has 0 aromatic heterocycles. The molecule has 0 amide bonds. The second-order valence-electron chi connectivity index (χ2n) is 5.16. The highest BCUT2D eigenvalue weighted by atomic mass is 79.9. The van der Waals surface area contributed by atoms with Gasteiger partial charge in [-0.25, -0.2) is 4.39 Å². The van der Waals surface area contributed by atoms with E-state index >= 15 is 0 Å². The zero-order chi connectivity index (χ0) is 14.1. The van der Waals surface area contributed by atoms with Crippen LogP contribution >= 0.6 is 27.5 Å². The van der Waals surface area contributed by atoms with Crippen molar-refractivity contribution in [2.75, 3.05) is 5.32 Å². The maximum absolute atomic E-state index is 13.0. The van der Waals surface area contributed by atoms with Crippen LogP contribution in [0.2, 0.25) is 5.02 Å². The molecule has 1 aliphatic carbocycles. The van der Waals surface area contributed by atoms with E-state index in [0.29, 0.717) is 12.0 Å². The minimum atomic E-state index is -0.232. The molecule has 104 valence electrons. The van der Waals surface area contributed by atoms with Gasteiger partial charge in [-0.3, -0.25) is 0 Å². The van der Waals surface area contributed by atoms with Crippen molar-refractivity contribution in [2.24, 2.45) is 0 Å². The number of halogens is 3. The lowest BCUT2D eigenvalue weighted by atomic mass is 9.76. The van der Waals surface area contributed by atoms with Crippen LogP contribution < -0.4 is 5.32 Å². The van der Waals surface area contributed by atoms with Crippen LogP contribution in [0, 0.1) is 5.82 Å². The fourth-order valence-electron chi connectivity index (χ4n) is 2.62. The number of hydrogen-bond acceptors (Lipinski definition) is 1. The summed E-state index contributed by atoms with van der Waals surface area (Å²) in [6.07, 6.45) is 2.10. The highest BCUT2D eigenvalue weighted by Gasteiger charge is 2.31. The topological polar surface area (TPSA) is 12.0 Å². The summed E-state index contributed by atoms with van der Waals surface area (Å²) in [5, 5.41) is 4.28. The minimum Gasteiger partial charge on any atom is -0.381 e. The van der Waals surface area contributed by atoms with Crippen LogP contribution in [0.5, 0.6) is 0 Å². The molecule has 1 fully saturated rings. The predicted octanol–water partition coefficient (Wildman–Crippen LogP) is 5.60. The predicted molar refractivity (Wildman–Crippen MR) is 84.9 cm³/mol. The van der Waals surface area contributed by atoms with Crippen LogP contribution in [0.4, 0.5) is 10.1 Å². The molecule has 1 nitrogen and oxygen atoms in total. The van der Waals surface area contributed by atoms with E-state index in [2.05, 4.69) is 27.3 Å². The molecular formula is C16H14BrClFN. The molecule has 1 N–H and O–H groups in total. The molecule has 2 aromatic carbocycles. The Morgan fingerprint density at radius 2 is 1.90 bits per heavy atom. The first-order valence-electron chi connectivity index (χ1n) is 6.59. The molecule has 0 spiro atoms. The molecule has 0 saturated heterocycles. The van der Waals surface area contributed by atoms with Gasteiger partial charge in [-0.15, -0.1) is 0 Å². The first-order chi connectivity index (χ1) is 9.63. The summed E-state index contributed by atoms with van der Waals surface area (Å²) >= 11 is 9.59. The standard InChI is InChI=1S/C16H14BrClFN/c17-14-9-11(19)5-6-16(14)20-12-7-10(8-12)13-3-1-2-4-15(13)18/h1-6,9-10,12,20H,7-8H2. The molecule has 0 unspecified atom stereocenters. The van der Waals surface area contributed by atoms with Gasteiger partial charge in [0.2, 0.25) is 0 Å². The summed E-state index contributed by atoms with van der Waals surface area (Å²) in [6.45, 7) is 0. The zero-order valence-electron chi connectivity index (χ0n) is 10.7. The Hall–Kier alpha value is -1.06. The zero-order valence-corrected chi connectivity index (χ0v) is 13.1. The summed E-state index contributed by atoms with van der Waals surface area (Å²) < 4.78 is 13.8. The van der Waals surface area contributed by atoms with Crippen LogP contribution in [-0.2, 0) is 0 Å². The fourth-order valence-corrected chi connectivity index (χ4v) is 3.38. The average molecular weight is 355 g/mol. The Morgan fingerprint density at radius 3 is 2.60 bits per heavy atom. The smallest absolute Gasteiger partial charge is 0.124 e. The quantitative estimate of drug-likeness (QED) is 0.756. The number of rotatable bonds is 3. The van der Waals surface area contributed by atoms with Crippen molar-refractivity contribution in [2.45, 2.75) is 24.8 Å². The number of hydrogen-bond donors (Lipinski definition) is 1. The maximum Gasteiger partial charge on any atom is 0.124 e. The number of benzene rings is 2. The van der Waals surface area contributed by atoms with Gasteiger partial charge in [-0.1, -0.05) is 29.8 Å². The van der Waals surface area contributed by atoms with E-state index in [0.717, 1.165) is 28.0 Å². The first-order valence-corrected chi connectivity index (χ1v) is 7.76. The van der Waals surface area contributed by atoms with E-state index in [1.165, 1.54) is 17.7 Å². The highest BCUT2D eigenvalue weighted by molar-refractivity contribution is 9.10. The molecule has 20 heavy (non-hydrogen) atoms. The second-order valence-corrected chi connectivity index (χ2v) is 6.42. The Kier molecular flexibility index (Phi) is 3.99. The van der Waals surface area contributed by atoms with Crippen molar-refractivity contribution in [1.82, 2.24) is 0 Å². The molecule has 4 heteroatoms. The van der Waals surface area contributed by atoms with E-state index in [9.17, 15) is 4.39 Å². The Labute approximate surface area is 131 Å². The highest BCUT2D eigenvalue weighted by Crippen LogP contribution is 2.41. The molecule has 0 radical (unpaired) electrons. The Balaban J connectivity index is 1.62. The summed E-state index contributed by atoms with van der Waals surface area (Å²) in [6, 6.07) is 13.1. The lowest BCUT2D eigenvalue weighted by Gasteiger charge is -2.37. The van der Waals surface area contributed by atoms with E-state index in [1.54, 1.807) is 6.07 Å². The number of anilines is 1. The van der Waals surface area contributed by atoms with Crippen molar-refractivity contribution in [3.63, 3.8) is 0 Å². The molecule has 0 bridgehead atoms. The average Bonchev–Trinajstić information content (AvgIpc) is 2.37. The van der Waals surface area contributed by atoms with Gasteiger partial charge in [0.1, 0.15) is 5.82 Å². The van der Waals surface area contributed by atoms with Crippen LogP contribution in [0.25, 0.3) is 0 Å². The van der Waals surface area contributed by atoms with Crippen molar-refractivity contribution in [3.8, 4) is 0 Å². The van der Waals surface area contributed by atoms with Crippen molar-refractivity contribution >= 4 is 33.2 Å². The first kappa shape index (κ1) is 13.9. The molecule has 0 heterocycles. The lowest BCUT2D eigenvalue weighted by molar-refractivity contribution is 0.374.